The first-order valence-corrected chi connectivity index (χ1v) is 9.22. The van der Waals surface area contributed by atoms with Crippen LogP contribution in [0.1, 0.15) is 53.4 Å². The fourth-order valence-electron chi connectivity index (χ4n) is 3.85. The van der Waals surface area contributed by atoms with E-state index in [-0.39, 0.29) is 17.9 Å². The first-order chi connectivity index (χ1) is 10.9. The topological polar surface area (TPSA) is 52.7 Å². The number of nitrogens with zero attached hydrogens (tertiary/aromatic N) is 2. The molecule has 0 radical (unpaired) electrons. The molecule has 2 rings (SSSR count). The SMILES string of the molecule is CC[C@@H]1CN(C(C)=O)CC[C@H]1N[C@H](C)C(=O)N1CCC(C)CC1. The minimum absolute atomic E-state index is 0.133. The summed E-state index contributed by atoms with van der Waals surface area (Å²) in [7, 11) is 0. The van der Waals surface area contributed by atoms with Crippen LogP contribution in [0.3, 0.4) is 0 Å². The molecule has 132 valence electrons. The normalized spacial score (nSPS) is 27.8. The molecule has 0 aliphatic carbocycles. The van der Waals surface area contributed by atoms with E-state index in [0.717, 1.165) is 57.8 Å². The lowest BCUT2D eigenvalue weighted by molar-refractivity contribution is -0.135. The van der Waals surface area contributed by atoms with Crippen LogP contribution < -0.4 is 5.32 Å². The van der Waals surface area contributed by atoms with Gasteiger partial charge in [0.1, 0.15) is 0 Å². The molecule has 0 aromatic carbocycles. The molecule has 23 heavy (non-hydrogen) atoms. The second kappa shape index (κ2) is 8.13. The van der Waals surface area contributed by atoms with Gasteiger partial charge in [0.2, 0.25) is 11.8 Å². The number of amides is 2. The summed E-state index contributed by atoms with van der Waals surface area (Å²) in [4.78, 5) is 28.2. The largest absolute Gasteiger partial charge is 0.343 e. The van der Waals surface area contributed by atoms with Gasteiger partial charge in [-0.05, 0) is 38.0 Å². The highest BCUT2D eigenvalue weighted by Gasteiger charge is 2.32. The van der Waals surface area contributed by atoms with Crippen LogP contribution >= 0.6 is 0 Å². The monoisotopic (exact) mass is 323 g/mol. The number of carbonyl (C=O) groups excluding carboxylic acids is 2. The maximum Gasteiger partial charge on any atom is 0.239 e. The van der Waals surface area contributed by atoms with E-state index in [0.29, 0.717) is 12.0 Å². The van der Waals surface area contributed by atoms with Gasteiger partial charge in [-0.15, -0.1) is 0 Å². The van der Waals surface area contributed by atoms with Crippen molar-refractivity contribution in [1.29, 1.82) is 0 Å². The number of likely N-dealkylation sites (tertiary alicyclic amines) is 2. The predicted molar refractivity (Wildman–Crippen MR) is 92.0 cm³/mol. The zero-order chi connectivity index (χ0) is 17.0. The minimum Gasteiger partial charge on any atom is -0.343 e. The van der Waals surface area contributed by atoms with Crippen LogP contribution in [-0.2, 0) is 9.59 Å². The van der Waals surface area contributed by atoms with Crippen LogP contribution in [0.15, 0.2) is 0 Å². The van der Waals surface area contributed by atoms with Crippen LogP contribution in [0.25, 0.3) is 0 Å². The lowest BCUT2D eigenvalue weighted by Crippen LogP contribution is -2.56. The summed E-state index contributed by atoms with van der Waals surface area (Å²) in [5.74, 6) is 1.57. The van der Waals surface area contributed by atoms with Crippen LogP contribution in [0.5, 0.6) is 0 Å². The van der Waals surface area contributed by atoms with Crippen LogP contribution in [0, 0.1) is 11.8 Å². The molecule has 5 nitrogen and oxygen atoms in total. The van der Waals surface area contributed by atoms with Crippen molar-refractivity contribution in [3.8, 4) is 0 Å². The van der Waals surface area contributed by atoms with Crippen LogP contribution in [0.2, 0.25) is 0 Å². The fourth-order valence-corrected chi connectivity index (χ4v) is 3.85. The Morgan fingerprint density at radius 3 is 2.30 bits per heavy atom. The molecule has 2 amide bonds. The van der Waals surface area contributed by atoms with E-state index in [4.69, 9.17) is 0 Å². The molecule has 2 aliphatic rings. The summed E-state index contributed by atoms with van der Waals surface area (Å²) >= 11 is 0. The molecule has 1 N–H and O–H groups in total. The van der Waals surface area contributed by atoms with E-state index in [1.54, 1.807) is 6.92 Å². The number of hydrogen-bond donors (Lipinski definition) is 1. The van der Waals surface area contributed by atoms with Gasteiger partial charge in [0.15, 0.2) is 0 Å². The van der Waals surface area contributed by atoms with Crippen molar-refractivity contribution in [3.05, 3.63) is 0 Å². The molecule has 0 bridgehead atoms. The first kappa shape index (κ1) is 18.2. The number of nitrogens with one attached hydrogen (secondary N) is 1. The van der Waals surface area contributed by atoms with Crippen molar-refractivity contribution < 1.29 is 9.59 Å². The highest BCUT2D eigenvalue weighted by molar-refractivity contribution is 5.81. The molecule has 0 aromatic rings. The fraction of sp³-hybridized carbons (Fsp3) is 0.889. The summed E-state index contributed by atoms with van der Waals surface area (Å²) < 4.78 is 0. The molecule has 2 aliphatic heterocycles. The molecular formula is C18H33N3O2. The van der Waals surface area contributed by atoms with Gasteiger partial charge in [0, 0.05) is 39.1 Å². The van der Waals surface area contributed by atoms with Crippen molar-refractivity contribution >= 4 is 11.8 Å². The maximum absolute atomic E-state index is 12.6. The Balaban J connectivity index is 1.87. The number of rotatable bonds is 4. The number of hydrogen-bond acceptors (Lipinski definition) is 3. The zero-order valence-corrected chi connectivity index (χ0v) is 15.2. The molecule has 0 unspecified atom stereocenters. The van der Waals surface area contributed by atoms with Crippen molar-refractivity contribution in [2.24, 2.45) is 11.8 Å². The Hall–Kier alpha value is -1.10. The minimum atomic E-state index is -0.133. The third kappa shape index (κ3) is 4.69. The van der Waals surface area contributed by atoms with Gasteiger partial charge in [-0.25, -0.2) is 0 Å². The molecule has 0 aromatic heterocycles. The Kier molecular flexibility index (Phi) is 6.45. The number of carbonyl (C=O) groups is 2. The molecule has 2 fully saturated rings. The lowest BCUT2D eigenvalue weighted by atomic mass is 9.89. The van der Waals surface area contributed by atoms with Crippen LogP contribution in [0.4, 0.5) is 0 Å². The van der Waals surface area contributed by atoms with Gasteiger partial charge in [0.25, 0.3) is 0 Å². The second-order valence-electron chi connectivity index (χ2n) is 7.42. The Morgan fingerprint density at radius 2 is 1.74 bits per heavy atom. The highest BCUT2D eigenvalue weighted by Crippen LogP contribution is 2.22. The molecular weight excluding hydrogens is 290 g/mol. The van der Waals surface area contributed by atoms with Crippen molar-refractivity contribution in [3.63, 3.8) is 0 Å². The number of piperidine rings is 2. The zero-order valence-electron chi connectivity index (χ0n) is 15.2. The highest BCUT2D eigenvalue weighted by atomic mass is 16.2. The van der Waals surface area contributed by atoms with E-state index < -0.39 is 0 Å². The Morgan fingerprint density at radius 1 is 1.13 bits per heavy atom. The molecule has 2 saturated heterocycles. The summed E-state index contributed by atoms with van der Waals surface area (Å²) in [5.41, 5.74) is 0. The second-order valence-corrected chi connectivity index (χ2v) is 7.42. The average Bonchev–Trinajstić information content (AvgIpc) is 2.55. The smallest absolute Gasteiger partial charge is 0.239 e. The predicted octanol–water partition coefficient (Wildman–Crippen LogP) is 1.87. The van der Waals surface area contributed by atoms with Crippen LogP contribution in [-0.4, -0.2) is 59.9 Å². The Labute approximate surface area is 140 Å². The van der Waals surface area contributed by atoms with E-state index in [1.807, 2.05) is 16.7 Å². The third-order valence-electron chi connectivity index (χ3n) is 5.63. The van der Waals surface area contributed by atoms with E-state index in [2.05, 4.69) is 19.2 Å². The lowest BCUT2D eigenvalue weighted by Gasteiger charge is -2.40. The Bertz CT molecular complexity index is 418. The summed E-state index contributed by atoms with van der Waals surface area (Å²) in [6.45, 7) is 11.5. The summed E-state index contributed by atoms with van der Waals surface area (Å²) in [6.07, 6.45) is 4.20. The molecule has 0 spiro atoms. The molecule has 0 saturated carbocycles. The molecule has 3 atom stereocenters. The summed E-state index contributed by atoms with van der Waals surface area (Å²) in [5, 5.41) is 3.56. The van der Waals surface area contributed by atoms with Gasteiger partial charge < -0.3 is 15.1 Å². The maximum atomic E-state index is 12.6. The van der Waals surface area contributed by atoms with Crippen molar-refractivity contribution in [2.75, 3.05) is 26.2 Å². The quantitative estimate of drug-likeness (QED) is 0.859. The van der Waals surface area contributed by atoms with E-state index in [9.17, 15) is 9.59 Å². The van der Waals surface area contributed by atoms with Gasteiger partial charge in [-0.1, -0.05) is 20.3 Å². The van der Waals surface area contributed by atoms with Gasteiger partial charge >= 0.3 is 0 Å². The molecule has 5 heteroatoms. The van der Waals surface area contributed by atoms with Crippen molar-refractivity contribution in [1.82, 2.24) is 15.1 Å². The molecule has 2 heterocycles. The van der Waals surface area contributed by atoms with Gasteiger partial charge in [0.05, 0.1) is 6.04 Å². The van der Waals surface area contributed by atoms with Crippen molar-refractivity contribution in [2.45, 2.75) is 65.5 Å². The summed E-state index contributed by atoms with van der Waals surface area (Å²) in [6, 6.07) is 0.199. The van der Waals surface area contributed by atoms with E-state index >= 15 is 0 Å². The van der Waals surface area contributed by atoms with E-state index in [1.165, 1.54) is 0 Å². The van der Waals surface area contributed by atoms with Gasteiger partial charge in [-0.2, -0.15) is 0 Å². The average molecular weight is 323 g/mol. The standard InChI is InChI=1S/C18H33N3O2/c1-5-16-12-21(15(4)22)11-8-17(16)19-14(3)18(23)20-9-6-13(2)7-10-20/h13-14,16-17,19H,5-12H2,1-4H3/t14-,16-,17-/m1/s1. The third-order valence-corrected chi connectivity index (χ3v) is 5.63. The first-order valence-electron chi connectivity index (χ1n) is 9.22. The van der Waals surface area contributed by atoms with Gasteiger partial charge in [-0.3, -0.25) is 9.59 Å².